The Labute approximate surface area is 201 Å². The van der Waals surface area contributed by atoms with Gasteiger partial charge in [-0.3, -0.25) is 4.79 Å². The van der Waals surface area contributed by atoms with E-state index in [0.717, 1.165) is 18.4 Å². The minimum Gasteiger partial charge on any atom is -0.464 e. The average Bonchev–Trinajstić information content (AvgIpc) is 2.86. The molecule has 0 bridgehead atoms. The van der Waals surface area contributed by atoms with Gasteiger partial charge in [0.05, 0.1) is 18.8 Å². The summed E-state index contributed by atoms with van der Waals surface area (Å²) in [6, 6.07) is 9.00. The van der Waals surface area contributed by atoms with Crippen LogP contribution >= 0.6 is 0 Å². The summed E-state index contributed by atoms with van der Waals surface area (Å²) in [4.78, 5) is 36.8. The first kappa shape index (κ1) is 24.8. The molecule has 1 atom stereocenters. The predicted molar refractivity (Wildman–Crippen MR) is 121 cm³/mol. The molecule has 1 fully saturated rings. The predicted octanol–water partition coefficient (Wildman–Crippen LogP) is 5.00. The molecule has 1 amide bonds. The Hall–Kier alpha value is -3.33. The number of rotatable bonds is 5. The topological polar surface area (TPSA) is 65.1 Å². The van der Waals surface area contributed by atoms with Crippen LogP contribution in [0.4, 0.5) is 13.2 Å². The van der Waals surface area contributed by atoms with Gasteiger partial charge in [0.15, 0.2) is 5.75 Å². The number of benzene rings is 2. The number of alkyl halides is 3. The van der Waals surface area contributed by atoms with Crippen LogP contribution in [0.1, 0.15) is 42.9 Å². The Balaban J connectivity index is 1.70. The molecule has 35 heavy (non-hydrogen) atoms. The standard InChI is InChI=1S/C26H25F3NO5/c1-2-33-25(32)21-8-3-4-14-30(21)23(31)12-10-17-6-5-7-20(26(27,28)29)24(17)19-9-11-22-18(16-19)13-15-34-35-22/h5-6,9-12,16,21H,2-4,8,13-15H2,1H3/b12-10+. The van der Waals surface area contributed by atoms with E-state index in [4.69, 9.17) is 14.5 Å². The zero-order valence-corrected chi connectivity index (χ0v) is 19.2. The van der Waals surface area contributed by atoms with Crippen molar-refractivity contribution < 1.29 is 37.3 Å². The van der Waals surface area contributed by atoms with E-state index < -0.39 is 29.7 Å². The van der Waals surface area contributed by atoms with Gasteiger partial charge in [-0.2, -0.15) is 18.1 Å². The van der Waals surface area contributed by atoms with Crippen molar-refractivity contribution in [3.05, 3.63) is 59.2 Å². The highest BCUT2D eigenvalue weighted by atomic mass is 19.4. The van der Waals surface area contributed by atoms with Crippen molar-refractivity contribution in [3.63, 3.8) is 0 Å². The molecule has 0 spiro atoms. The first-order chi connectivity index (χ1) is 16.8. The number of esters is 1. The van der Waals surface area contributed by atoms with Crippen LogP contribution in [-0.4, -0.2) is 42.6 Å². The van der Waals surface area contributed by atoms with Crippen LogP contribution < -0.4 is 4.89 Å². The highest BCUT2D eigenvalue weighted by molar-refractivity contribution is 5.96. The number of carbonyl (C=O) groups excluding carboxylic acids is 2. The second-order valence-electron chi connectivity index (χ2n) is 8.29. The zero-order chi connectivity index (χ0) is 25.0. The molecule has 185 valence electrons. The summed E-state index contributed by atoms with van der Waals surface area (Å²) >= 11 is 0. The van der Waals surface area contributed by atoms with Gasteiger partial charge < -0.3 is 14.5 Å². The number of hydrogen-bond donors (Lipinski definition) is 0. The number of likely N-dealkylation sites (tertiary alicyclic amines) is 1. The van der Waals surface area contributed by atoms with E-state index in [0.29, 0.717) is 37.3 Å². The summed E-state index contributed by atoms with van der Waals surface area (Å²) in [5, 5.41) is 0. The fraction of sp³-hybridized carbons (Fsp3) is 0.385. The number of halogens is 3. The monoisotopic (exact) mass is 488 g/mol. The van der Waals surface area contributed by atoms with Crippen molar-refractivity contribution in [2.45, 2.75) is 44.8 Å². The van der Waals surface area contributed by atoms with Crippen LogP contribution in [0, 0.1) is 6.07 Å². The lowest BCUT2D eigenvalue weighted by molar-refractivity contribution is -0.215. The van der Waals surface area contributed by atoms with E-state index in [1.165, 1.54) is 35.3 Å². The number of ether oxygens (including phenoxy) is 1. The molecule has 2 aromatic rings. The number of nitrogens with zero attached hydrogens (tertiary/aromatic N) is 1. The van der Waals surface area contributed by atoms with Gasteiger partial charge in [0.1, 0.15) is 6.04 Å². The highest BCUT2D eigenvalue weighted by Crippen LogP contribution is 2.40. The van der Waals surface area contributed by atoms with Gasteiger partial charge in [-0.05, 0) is 61.6 Å². The third-order valence-corrected chi connectivity index (χ3v) is 6.02. The Bertz CT molecular complexity index is 1130. The summed E-state index contributed by atoms with van der Waals surface area (Å²) in [6.45, 7) is 2.57. The molecule has 2 aromatic carbocycles. The first-order valence-electron chi connectivity index (χ1n) is 11.5. The molecule has 4 rings (SSSR count). The maximum Gasteiger partial charge on any atom is 0.417 e. The third-order valence-electron chi connectivity index (χ3n) is 6.02. The number of amides is 1. The second-order valence-corrected chi connectivity index (χ2v) is 8.29. The van der Waals surface area contributed by atoms with Gasteiger partial charge in [0.25, 0.3) is 0 Å². The minimum absolute atomic E-state index is 0.0843. The van der Waals surface area contributed by atoms with Gasteiger partial charge in [-0.25, -0.2) is 4.79 Å². The maximum absolute atomic E-state index is 13.9. The molecule has 2 heterocycles. The lowest BCUT2D eigenvalue weighted by Gasteiger charge is -2.33. The van der Waals surface area contributed by atoms with Gasteiger partial charge in [0, 0.05) is 30.2 Å². The van der Waals surface area contributed by atoms with Crippen molar-refractivity contribution in [1.82, 2.24) is 4.90 Å². The van der Waals surface area contributed by atoms with Gasteiger partial charge in [0.2, 0.25) is 5.91 Å². The molecule has 2 aliphatic heterocycles. The average molecular weight is 488 g/mol. The number of piperidine rings is 1. The molecule has 6 nitrogen and oxygen atoms in total. The Kier molecular flexibility index (Phi) is 7.45. The molecule has 9 heteroatoms. The molecule has 0 aromatic heterocycles. The van der Waals surface area contributed by atoms with Crippen LogP contribution in [0.15, 0.2) is 36.4 Å². The summed E-state index contributed by atoms with van der Waals surface area (Å²) in [6.07, 6.45) is 0.430. The van der Waals surface area contributed by atoms with E-state index in [9.17, 15) is 22.8 Å². The lowest BCUT2D eigenvalue weighted by Crippen LogP contribution is -2.48. The van der Waals surface area contributed by atoms with Gasteiger partial charge in [-0.15, -0.1) is 0 Å². The number of hydrogen-bond acceptors (Lipinski definition) is 5. The number of carbonyl (C=O) groups is 2. The van der Waals surface area contributed by atoms with E-state index in [1.54, 1.807) is 19.1 Å². The second kappa shape index (κ2) is 10.5. The SMILES string of the molecule is CCOC(=O)C1CCCCN1C(=O)/C=C/c1cc[c]c(C(F)(F)F)c1-c1ccc2c(c1)CCOO2. The Morgan fingerprint density at radius 3 is 2.86 bits per heavy atom. The normalized spacial score (nSPS) is 18.2. The summed E-state index contributed by atoms with van der Waals surface area (Å²) in [7, 11) is 0. The molecule has 1 radical (unpaired) electrons. The largest absolute Gasteiger partial charge is 0.464 e. The van der Waals surface area contributed by atoms with Crippen LogP contribution in [0.3, 0.4) is 0 Å². The fourth-order valence-corrected chi connectivity index (χ4v) is 4.39. The van der Waals surface area contributed by atoms with Gasteiger partial charge >= 0.3 is 12.1 Å². The summed E-state index contributed by atoms with van der Waals surface area (Å²) in [5.74, 6) is -0.467. The van der Waals surface area contributed by atoms with Crippen molar-refractivity contribution >= 4 is 18.0 Å². The van der Waals surface area contributed by atoms with Crippen molar-refractivity contribution in [1.29, 1.82) is 0 Å². The van der Waals surface area contributed by atoms with E-state index >= 15 is 0 Å². The van der Waals surface area contributed by atoms with Crippen molar-refractivity contribution in [2.24, 2.45) is 0 Å². The maximum atomic E-state index is 13.9. The van der Waals surface area contributed by atoms with E-state index in [2.05, 4.69) is 6.07 Å². The minimum atomic E-state index is -4.65. The van der Waals surface area contributed by atoms with Gasteiger partial charge in [-0.1, -0.05) is 18.2 Å². The molecule has 1 unspecified atom stereocenters. The lowest BCUT2D eigenvalue weighted by atomic mass is 9.91. The van der Waals surface area contributed by atoms with E-state index in [1.807, 2.05) is 0 Å². The molecular formula is C26H25F3NO5. The molecular weight excluding hydrogens is 463 g/mol. The summed E-state index contributed by atoms with van der Waals surface area (Å²) in [5.41, 5.74) is 0.249. The molecule has 0 saturated carbocycles. The van der Waals surface area contributed by atoms with Crippen LogP contribution in [-0.2, 0) is 31.8 Å². The zero-order valence-electron chi connectivity index (χ0n) is 19.2. The third kappa shape index (κ3) is 5.51. The molecule has 1 saturated heterocycles. The first-order valence-corrected chi connectivity index (χ1v) is 11.5. The highest BCUT2D eigenvalue weighted by Gasteiger charge is 2.35. The van der Waals surface area contributed by atoms with Crippen LogP contribution in [0.2, 0.25) is 0 Å². The summed E-state index contributed by atoms with van der Waals surface area (Å²) < 4.78 is 46.9. The van der Waals surface area contributed by atoms with Crippen molar-refractivity contribution in [2.75, 3.05) is 19.8 Å². The van der Waals surface area contributed by atoms with E-state index in [-0.39, 0.29) is 17.7 Å². The molecule has 0 N–H and O–H groups in total. The van der Waals surface area contributed by atoms with Crippen LogP contribution in [0.25, 0.3) is 17.2 Å². The Morgan fingerprint density at radius 2 is 2.09 bits per heavy atom. The quantitative estimate of drug-likeness (QED) is 0.337. The number of fused-ring (bicyclic) bond motifs is 1. The smallest absolute Gasteiger partial charge is 0.417 e. The molecule has 2 aliphatic rings. The Morgan fingerprint density at radius 1 is 1.26 bits per heavy atom. The van der Waals surface area contributed by atoms with Crippen LogP contribution in [0.5, 0.6) is 5.75 Å². The molecule has 0 aliphatic carbocycles. The van der Waals surface area contributed by atoms with Crippen molar-refractivity contribution in [3.8, 4) is 16.9 Å². The fourth-order valence-electron chi connectivity index (χ4n) is 4.39.